The van der Waals surface area contributed by atoms with Crippen molar-refractivity contribution in [2.75, 3.05) is 39.3 Å². The maximum atomic E-state index is 11.8. The fourth-order valence-corrected chi connectivity index (χ4v) is 1.91. The topological polar surface area (TPSA) is 79.0 Å². The SMILES string of the molecule is CCOC(=O)CNC(=O)N1CCCN(C(C)=O)CC1. The number of carbonyl (C=O) groups excluding carboxylic acids is 3. The van der Waals surface area contributed by atoms with Crippen LogP contribution in [0.5, 0.6) is 0 Å². The molecule has 0 spiro atoms. The van der Waals surface area contributed by atoms with Crippen LogP contribution >= 0.6 is 0 Å². The van der Waals surface area contributed by atoms with Gasteiger partial charge in [-0.05, 0) is 13.3 Å². The third-order valence-electron chi connectivity index (χ3n) is 2.92. The summed E-state index contributed by atoms with van der Waals surface area (Å²) >= 11 is 0. The van der Waals surface area contributed by atoms with E-state index >= 15 is 0 Å². The monoisotopic (exact) mass is 271 g/mol. The lowest BCUT2D eigenvalue weighted by Crippen LogP contribution is -2.44. The summed E-state index contributed by atoms with van der Waals surface area (Å²) in [7, 11) is 0. The Kier molecular flexibility index (Phi) is 6.11. The van der Waals surface area contributed by atoms with Gasteiger partial charge >= 0.3 is 12.0 Å². The van der Waals surface area contributed by atoms with Crippen LogP contribution in [0.25, 0.3) is 0 Å². The van der Waals surface area contributed by atoms with Crippen LogP contribution in [0, 0.1) is 0 Å². The maximum absolute atomic E-state index is 11.8. The van der Waals surface area contributed by atoms with Gasteiger partial charge in [-0.2, -0.15) is 0 Å². The molecule has 1 heterocycles. The summed E-state index contributed by atoms with van der Waals surface area (Å²) < 4.78 is 4.73. The second-order valence-electron chi connectivity index (χ2n) is 4.31. The minimum absolute atomic E-state index is 0.0220. The first kappa shape index (κ1) is 15.3. The van der Waals surface area contributed by atoms with E-state index in [-0.39, 0.29) is 18.5 Å². The summed E-state index contributed by atoms with van der Waals surface area (Å²) in [6.45, 7) is 5.67. The van der Waals surface area contributed by atoms with Crippen LogP contribution in [0.1, 0.15) is 20.3 Å². The van der Waals surface area contributed by atoms with Gasteiger partial charge < -0.3 is 19.9 Å². The third-order valence-corrected chi connectivity index (χ3v) is 2.92. The number of carbonyl (C=O) groups is 3. The molecule has 0 atom stereocenters. The van der Waals surface area contributed by atoms with Gasteiger partial charge in [-0.15, -0.1) is 0 Å². The van der Waals surface area contributed by atoms with Crippen molar-refractivity contribution in [2.24, 2.45) is 0 Å². The molecule has 3 amide bonds. The quantitative estimate of drug-likeness (QED) is 0.722. The van der Waals surface area contributed by atoms with Crippen LogP contribution in [0.3, 0.4) is 0 Å². The maximum Gasteiger partial charge on any atom is 0.325 e. The van der Waals surface area contributed by atoms with Crippen molar-refractivity contribution in [3.63, 3.8) is 0 Å². The van der Waals surface area contributed by atoms with Crippen LogP contribution in [0.2, 0.25) is 0 Å². The molecule has 7 heteroatoms. The Hall–Kier alpha value is -1.79. The first-order chi connectivity index (χ1) is 9.04. The fraction of sp³-hybridized carbons (Fsp3) is 0.750. The lowest BCUT2D eigenvalue weighted by molar-refractivity contribution is -0.141. The van der Waals surface area contributed by atoms with E-state index in [0.29, 0.717) is 32.8 Å². The Bertz CT molecular complexity index is 346. The number of rotatable bonds is 3. The van der Waals surface area contributed by atoms with Crippen LogP contribution in [0.4, 0.5) is 4.79 Å². The molecule has 1 fully saturated rings. The Balaban J connectivity index is 2.36. The largest absolute Gasteiger partial charge is 0.465 e. The highest BCUT2D eigenvalue weighted by Gasteiger charge is 2.20. The van der Waals surface area contributed by atoms with Gasteiger partial charge in [0, 0.05) is 33.1 Å². The minimum Gasteiger partial charge on any atom is -0.465 e. The summed E-state index contributed by atoms with van der Waals surface area (Å²) in [4.78, 5) is 37.6. The molecule has 0 unspecified atom stereocenters. The van der Waals surface area contributed by atoms with Crippen molar-refractivity contribution in [2.45, 2.75) is 20.3 Å². The number of nitrogens with zero attached hydrogens (tertiary/aromatic N) is 2. The van der Waals surface area contributed by atoms with Crippen molar-refractivity contribution < 1.29 is 19.1 Å². The number of amides is 3. The Morgan fingerprint density at radius 2 is 1.74 bits per heavy atom. The van der Waals surface area contributed by atoms with E-state index in [4.69, 9.17) is 4.74 Å². The lowest BCUT2D eigenvalue weighted by atomic mass is 10.4. The van der Waals surface area contributed by atoms with Gasteiger partial charge in [-0.1, -0.05) is 0 Å². The zero-order valence-electron chi connectivity index (χ0n) is 11.5. The Morgan fingerprint density at radius 3 is 2.37 bits per heavy atom. The van der Waals surface area contributed by atoms with Crippen molar-refractivity contribution in [1.82, 2.24) is 15.1 Å². The molecule has 0 radical (unpaired) electrons. The van der Waals surface area contributed by atoms with Crippen LogP contribution in [-0.2, 0) is 14.3 Å². The molecule has 1 saturated heterocycles. The molecule has 1 aliphatic rings. The highest BCUT2D eigenvalue weighted by Crippen LogP contribution is 2.03. The van der Waals surface area contributed by atoms with Gasteiger partial charge in [0.15, 0.2) is 0 Å². The van der Waals surface area contributed by atoms with Crippen molar-refractivity contribution >= 4 is 17.9 Å². The normalized spacial score (nSPS) is 15.7. The predicted octanol–water partition coefficient (Wildman–Crippen LogP) is -0.187. The van der Waals surface area contributed by atoms with E-state index in [0.717, 1.165) is 6.42 Å². The summed E-state index contributed by atoms with van der Waals surface area (Å²) in [5.74, 6) is -0.426. The predicted molar refractivity (Wildman–Crippen MR) is 68.5 cm³/mol. The minimum atomic E-state index is -0.448. The molecule has 1 N–H and O–H groups in total. The standard InChI is InChI=1S/C12H21N3O4/c1-3-19-11(17)9-13-12(18)15-6-4-5-14(7-8-15)10(2)16/h3-9H2,1-2H3,(H,13,18). The van der Waals surface area contributed by atoms with E-state index in [1.54, 1.807) is 16.7 Å². The van der Waals surface area contributed by atoms with Gasteiger partial charge in [-0.3, -0.25) is 9.59 Å². The Morgan fingerprint density at radius 1 is 1.11 bits per heavy atom. The third kappa shape index (κ3) is 5.15. The zero-order valence-corrected chi connectivity index (χ0v) is 11.5. The average molecular weight is 271 g/mol. The number of urea groups is 1. The molecule has 108 valence electrons. The number of hydrogen-bond donors (Lipinski definition) is 1. The lowest BCUT2D eigenvalue weighted by Gasteiger charge is -2.21. The molecule has 7 nitrogen and oxygen atoms in total. The highest BCUT2D eigenvalue weighted by atomic mass is 16.5. The molecule has 1 aliphatic heterocycles. The van der Waals surface area contributed by atoms with Gasteiger partial charge in [0.1, 0.15) is 6.54 Å². The van der Waals surface area contributed by atoms with E-state index in [9.17, 15) is 14.4 Å². The molecule has 0 aliphatic carbocycles. The molecule has 0 aromatic carbocycles. The van der Waals surface area contributed by atoms with Gasteiger partial charge in [0.05, 0.1) is 6.61 Å². The summed E-state index contributed by atoms with van der Waals surface area (Å²) in [5.41, 5.74) is 0. The first-order valence-corrected chi connectivity index (χ1v) is 6.48. The fourth-order valence-electron chi connectivity index (χ4n) is 1.91. The second kappa shape index (κ2) is 7.60. The van der Waals surface area contributed by atoms with Gasteiger partial charge in [0.25, 0.3) is 0 Å². The summed E-state index contributed by atoms with van der Waals surface area (Å²) in [6, 6.07) is -0.293. The molecule has 0 bridgehead atoms. The average Bonchev–Trinajstić information content (AvgIpc) is 2.62. The van der Waals surface area contributed by atoms with Crippen LogP contribution < -0.4 is 5.32 Å². The number of ether oxygens (including phenoxy) is 1. The highest BCUT2D eigenvalue weighted by molar-refractivity contribution is 5.81. The smallest absolute Gasteiger partial charge is 0.325 e. The van der Waals surface area contributed by atoms with Gasteiger partial charge in [0.2, 0.25) is 5.91 Å². The van der Waals surface area contributed by atoms with Crippen LogP contribution in [0.15, 0.2) is 0 Å². The van der Waals surface area contributed by atoms with Crippen molar-refractivity contribution in [1.29, 1.82) is 0 Å². The number of esters is 1. The molecule has 0 aromatic heterocycles. The first-order valence-electron chi connectivity index (χ1n) is 6.48. The van der Waals surface area contributed by atoms with Gasteiger partial charge in [-0.25, -0.2) is 4.79 Å². The van der Waals surface area contributed by atoms with E-state index in [1.807, 2.05) is 0 Å². The molecule has 1 rings (SSSR count). The van der Waals surface area contributed by atoms with E-state index < -0.39 is 5.97 Å². The molecule has 0 aromatic rings. The second-order valence-corrected chi connectivity index (χ2v) is 4.31. The summed E-state index contributed by atoms with van der Waals surface area (Å²) in [5, 5.41) is 2.52. The zero-order chi connectivity index (χ0) is 14.3. The van der Waals surface area contributed by atoms with E-state index in [2.05, 4.69) is 5.32 Å². The Labute approximate surface area is 112 Å². The molecule has 0 saturated carbocycles. The number of hydrogen-bond acceptors (Lipinski definition) is 4. The molecule has 19 heavy (non-hydrogen) atoms. The molecular weight excluding hydrogens is 250 g/mol. The van der Waals surface area contributed by atoms with Crippen LogP contribution in [-0.4, -0.2) is 67.0 Å². The molecular formula is C12H21N3O4. The van der Waals surface area contributed by atoms with Crippen molar-refractivity contribution in [3.8, 4) is 0 Å². The van der Waals surface area contributed by atoms with Crippen molar-refractivity contribution in [3.05, 3.63) is 0 Å². The number of nitrogens with one attached hydrogen (secondary N) is 1. The summed E-state index contributed by atoms with van der Waals surface area (Å²) in [6.07, 6.45) is 0.742. The van der Waals surface area contributed by atoms with E-state index in [1.165, 1.54) is 6.92 Å².